The minimum absolute atomic E-state index is 0.141. The average Bonchev–Trinajstić information content (AvgIpc) is 3.05. The largest absolute Gasteiger partial charge is 0.465 e. The van der Waals surface area contributed by atoms with E-state index in [1.165, 1.54) is 0 Å². The van der Waals surface area contributed by atoms with Gasteiger partial charge >= 0.3 is 5.97 Å². The highest BCUT2D eigenvalue weighted by Gasteiger charge is 2.31. The second kappa shape index (κ2) is 7.21. The van der Waals surface area contributed by atoms with E-state index in [-0.39, 0.29) is 17.9 Å². The van der Waals surface area contributed by atoms with Crippen LogP contribution in [0.2, 0.25) is 0 Å². The Morgan fingerprint density at radius 1 is 1.57 bits per heavy atom. The fourth-order valence-corrected chi connectivity index (χ4v) is 2.47. The Morgan fingerprint density at radius 3 is 3.05 bits per heavy atom. The van der Waals surface area contributed by atoms with Gasteiger partial charge in [0.05, 0.1) is 6.61 Å². The fourth-order valence-electron chi connectivity index (χ4n) is 2.47. The molecule has 21 heavy (non-hydrogen) atoms. The zero-order valence-electron chi connectivity index (χ0n) is 12.4. The van der Waals surface area contributed by atoms with Crippen molar-refractivity contribution in [1.82, 2.24) is 10.1 Å². The summed E-state index contributed by atoms with van der Waals surface area (Å²) in [6, 6.07) is 1.45. The molecule has 7 nitrogen and oxygen atoms in total. The summed E-state index contributed by atoms with van der Waals surface area (Å²) >= 11 is 0. The van der Waals surface area contributed by atoms with E-state index in [4.69, 9.17) is 9.26 Å². The maximum absolute atomic E-state index is 11.8. The lowest BCUT2D eigenvalue weighted by atomic mass is 10.2. The third-order valence-electron chi connectivity index (χ3n) is 3.44. The van der Waals surface area contributed by atoms with Gasteiger partial charge in [0, 0.05) is 19.0 Å². The van der Waals surface area contributed by atoms with Gasteiger partial charge in [0.15, 0.2) is 5.82 Å². The highest BCUT2D eigenvalue weighted by atomic mass is 16.5. The summed E-state index contributed by atoms with van der Waals surface area (Å²) in [6.45, 7) is 5.29. The molecule has 1 unspecified atom stereocenters. The van der Waals surface area contributed by atoms with E-state index in [1.807, 2.05) is 4.90 Å². The molecule has 0 spiro atoms. The van der Waals surface area contributed by atoms with Crippen molar-refractivity contribution in [3.8, 4) is 0 Å². The van der Waals surface area contributed by atoms with Gasteiger partial charge in [0.25, 0.3) is 0 Å². The summed E-state index contributed by atoms with van der Waals surface area (Å²) in [7, 11) is 0. The normalized spacial score (nSPS) is 18.7. The van der Waals surface area contributed by atoms with Crippen molar-refractivity contribution in [2.45, 2.75) is 39.2 Å². The highest BCUT2D eigenvalue weighted by Crippen LogP contribution is 2.19. The van der Waals surface area contributed by atoms with Crippen LogP contribution in [0.1, 0.15) is 31.9 Å². The maximum atomic E-state index is 11.8. The number of aryl methyl sites for hydroxylation is 1. The van der Waals surface area contributed by atoms with Gasteiger partial charge in [-0.25, -0.2) is 0 Å². The molecule has 0 bridgehead atoms. The second-order valence-electron chi connectivity index (χ2n) is 5.07. The van der Waals surface area contributed by atoms with Crippen molar-refractivity contribution in [3.05, 3.63) is 11.8 Å². The van der Waals surface area contributed by atoms with Crippen LogP contribution in [0.15, 0.2) is 10.6 Å². The zero-order valence-corrected chi connectivity index (χ0v) is 12.4. The first-order chi connectivity index (χ1) is 10.1. The SMILES string of the molecule is CCOC(=O)C1CCCN1CCC(=O)Nc1cc(C)on1. The smallest absolute Gasteiger partial charge is 0.323 e. The molecule has 0 radical (unpaired) electrons. The molecule has 1 aromatic heterocycles. The average molecular weight is 295 g/mol. The van der Waals surface area contributed by atoms with Crippen LogP contribution in [0.5, 0.6) is 0 Å². The molecule has 2 heterocycles. The van der Waals surface area contributed by atoms with Crippen LogP contribution in [0.4, 0.5) is 5.82 Å². The summed E-state index contributed by atoms with van der Waals surface area (Å²) in [5.41, 5.74) is 0. The lowest BCUT2D eigenvalue weighted by Crippen LogP contribution is -2.38. The molecule has 1 amide bonds. The maximum Gasteiger partial charge on any atom is 0.323 e. The van der Waals surface area contributed by atoms with Gasteiger partial charge in [-0.2, -0.15) is 0 Å². The molecule has 0 aromatic carbocycles. The molecular weight excluding hydrogens is 274 g/mol. The lowest BCUT2D eigenvalue weighted by Gasteiger charge is -2.22. The number of carbonyl (C=O) groups excluding carboxylic acids is 2. The number of ether oxygens (including phenoxy) is 1. The van der Waals surface area contributed by atoms with Crippen LogP contribution in [-0.2, 0) is 14.3 Å². The first-order valence-corrected chi connectivity index (χ1v) is 7.24. The number of anilines is 1. The fraction of sp³-hybridized carbons (Fsp3) is 0.643. The number of rotatable bonds is 6. The van der Waals surface area contributed by atoms with Crippen LogP contribution in [-0.4, -0.2) is 47.7 Å². The lowest BCUT2D eigenvalue weighted by molar-refractivity contribution is -0.148. The predicted octanol–water partition coefficient (Wildman–Crippen LogP) is 1.34. The Balaban J connectivity index is 1.78. The van der Waals surface area contributed by atoms with Crippen molar-refractivity contribution in [3.63, 3.8) is 0 Å². The Bertz CT molecular complexity index is 500. The van der Waals surface area contributed by atoms with Crippen molar-refractivity contribution in [2.24, 2.45) is 0 Å². The zero-order chi connectivity index (χ0) is 15.2. The molecule has 1 aliphatic heterocycles. The van der Waals surface area contributed by atoms with Crippen LogP contribution in [0, 0.1) is 6.92 Å². The molecular formula is C14H21N3O4. The van der Waals surface area contributed by atoms with Crippen molar-refractivity contribution >= 4 is 17.7 Å². The van der Waals surface area contributed by atoms with E-state index in [2.05, 4.69) is 10.5 Å². The van der Waals surface area contributed by atoms with Gasteiger partial charge in [-0.05, 0) is 33.2 Å². The summed E-state index contributed by atoms with van der Waals surface area (Å²) in [4.78, 5) is 25.7. The van der Waals surface area contributed by atoms with E-state index in [9.17, 15) is 9.59 Å². The molecule has 0 aliphatic carbocycles. The van der Waals surface area contributed by atoms with Gasteiger partial charge in [0.1, 0.15) is 11.8 Å². The Labute approximate surface area is 123 Å². The van der Waals surface area contributed by atoms with Gasteiger partial charge in [-0.1, -0.05) is 5.16 Å². The Kier molecular flexibility index (Phi) is 5.32. The predicted molar refractivity (Wildman–Crippen MR) is 75.7 cm³/mol. The number of hydrogen-bond acceptors (Lipinski definition) is 6. The molecule has 1 aromatic rings. The summed E-state index contributed by atoms with van der Waals surface area (Å²) in [5, 5.41) is 6.38. The number of esters is 1. The van der Waals surface area contributed by atoms with Gasteiger partial charge in [-0.15, -0.1) is 0 Å². The first kappa shape index (κ1) is 15.5. The van der Waals surface area contributed by atoms with E-state index in [1.54, 1.807) is 19.9 Å². The Morgan fingerprint density at radius 2 is 2.38 bits per heavy atom. The Hall–Kier alpha value is -1.89. The summed E-state index contributed by atoms with van der Waals surface area (Å²) < 4.78 is 9.94. The monoisotopic (exact) mass is 295 g/mol. The highest BCUT2D eigenvalue weighted by molar-refractivity contribution is 5.89. The molecule has 1 saturated heterocycles. The van der Waals surface area contributed by atoms with E-state index >= 15 is 0 Å². The van der Waals surface area contributed by atoms with Crippen LogP contribution in [0.3, 0.4) is 0 Å². The standard InChI is InChI=1S/C14H21N3O4/c1-3-20-14(19)11-5-4-7-17(11)8-6-13(18)15-12-9-10(2)21-16-12/h9,11H,3-8H2,1-2H3,(H,15,16,18). The molecule has 1 fully saturated rings. The number of aromatic nitrogens is 1. The van der Waals surface area contributed by atoms with Gasteiger partial charge < -0.3 is 14.6 Å². The third kappa shape index (κ3) is 4.29. The van der Waals surface area contributed by atoms with Gasteiger partial charge in [-0.3, -0.25) is 14.5 Å². The molecule has 1 N–H and O–H groups in total. The molecule has 7 heteroatoms. The number of amides is 1. The van der Waals surface area contributed by atoms with E-state index in [0.717, 1.165) is 19.4 Å². The van der Waals surface area contributed by atoms with Crippen LogP contribution < -0.4 is 5.32 Å². The molecule has 1 aliphatic rings. The van der Waals surface area contributed by atoms with E-state index < -0.39 is 0 Å². The number of nitrogens with one attached hydrogen (secondary N) is 1. The number of hydrogen-bond donors (Lipinski definition) is 1. The third-order valence-corrected chi connectivity index (χ3v) is 3.44. The number of likely N-dealkylation sites (tertiary alicyclic amines) is 1. The summed E-state index contributed by atoms with van der Waals surface area (Å²) in [5.74, 6) is 0.730. The van der Waals surface area contributed by atoms with Gasteiger partial charge in [0.2, 0.25) is 5.91 Å². The molecule has 1 atom stereocenters. The first-order valence-electron chi connectivity index (χ1n) is 7.24. The quantitative estimate of drug-likeness (QED) is 0.797. The minimum Gasteiger partial charge on any atom is -0.465 e. The summed E-state index contributed by atoms with van der Waals surface area (Å²) in [6.07, 6.45) is 2.05. The molecule has 116 valence electrons. The van der Waals surface area contributed by atoms with Crippen molar-refractivity contribution < 1.29 is 18.8 Å². The topological polar surface area (TPSA) is 84.7 Å². The van der Waals surface area contributed by atoms with E-state index in [0.29, 0.717) is 31.2 Å². The molecule has 0 saturated carbocycles. The van der Waals surface area contributed by atoms with Crippen LogP contribution >= 0.6 is 0 Å². The van der Waals surface area contributed by atoms with Crippen molar-refractivity contribution in [2.75, 3.05) is 25.0 Å². The second-order valence-corrected chi connectivity index (χ2v) is 5.07. The number of carbonyl (C=O) groups is 2. The van der Waals surface area contributed by atoms with Crippen LogP contribution in [0.25, 0.3) is 0 Å². The molecule has 2 rings (SSSR count). The number of nitrogens with zero attached hydrogens (tertiary/aromatic N) is 2. The van der Waals surface area contributed by atoms with Crippen molar-refractivity contribution in [1.29, 1.82) is 0 Å². The minimum atomic E-state index is -0.216.